The van der Waals surface area contributed by atoms with Crippen molar-refractivity contribution in [3.63, 3.8) is 0 Å². The molecule has 0 fully saturated rings. The maximum absolute atomic E-state index is 13.8. The molecule has 0 bridgehead atoms. The molecule has 1 unspecified atom stereocenters. The first-order valence-electron chi connectivity index (χ1n) is 10.2. The topological polar surface area (TPSA) is 64.4 Å². The van der Waals surface area contributed by atoms with Gasteiger partial charge in [-0.25, -0.2) is 8.78 Å². The van der Waals surface area contributed by atoms with Crippen LogP contribution in [0, 0.1) is 18.6 Å². The number of carbonyl (C=O) groups is 1. The Morgan fingerprint density at radius 3 is 2.42 bits per heavy atom. The average Bonchev–Trinajstić information content (AvgIpc) is 3.20. The highest BCUT2D eigenvalue weighted by atomic mass is 19.1. The van der Waals surface area contributed by atoms with Gasteiger partial charge in [-0.3, -0.25) is 4.79 Å². The van der Waals surface area contributed by atoms with Gasteiger partial charge in [0.2, 0.25) is 0 Å². The van der Waals surface area contributed by atoms with Gasteiger partial charge in [-0.05, 0) is 61.1 Å². The molecule has 0 aliphatic heterocycles. The molecule has 0 spiro atoms. The van der Waals surface area contributed by atoms with Crippen molar-refractivity contribution in [3.8, 4) is 11.8 Å². The molecule has 0 saturated heterocycles. The minimum atomic E-state index is -0.663. The lowest BCUT2D eigenvalue weighted by Gasteiger charge is -2.14. The number of halogens is 2. The quantitative estimate of drug-likeness (QED) is 0.484. The van der Waals surface area contributed by atoms with E-state index in [0.717, 1.165) is 17.5 Å². The highest BCUT2D eigenvalue weighted by molar-refractivity contribution is 5.92. The summed E-state index contributed by atoms with van der Waals surface area (Å²) in [6, 6.07) is 7.78. The van der Waals surface area contributed by atoms with Crippen LogP contribution < -0.4 is 10.1 Å². The second-order valence-corrected chi connectivity index (χ2v) is 7.78. The molecular weight excluding hydrogens is 402 g/mol. The van der Waals surface area contributed by atoms with Gasteiger partial charge in [-0.15, -0.1) is 0 Å². The van der Waals surface area contributed by atoms with E-state index in [4.69, 9.17) is 9.15 Å². The largest absolute Gasteiger partial charge is 0.416 e. The summed E-state index contributed by atoms with van der Waals surface area (Å²) in [5, 5.41) is 2.66. The summed E-state index contributed by atoms with van der Waals surface area (Å²) in [5.41, 5.74) is 2.36. The van der Waals surface area contributed by atoms with Gasteiger partial charge in [0.25, 0.3) is 5.91 Å². The fourth-order valence-corrected chi connectivity index (χ4v) is 3.09. The predicted octanol–water partition coefficient (Wildman–Crippen LogP) is 6.23. The lowest BCUT2D eigenvalue weighted by Crippen LogP contribution is -2.27. The van der Waals surface area contributed by atoms with Gasteiger partial charge >= 0.3 is 6.08 Å². The number of nitrogens with zero attached hydrogens (tertiary/aromatic N) is 1. The van der Waals surface area contributed by atoms with Crippen LogP contribution in [0.5, 0.6) is 11.8 Å². The van der Waals surface area contributed by atoms with Crippen molar-refractivity contribution < 1.29 is 22.7 Å². The number of nitrogens with one attached hydrogen (secondary N) is 1. The molecule has 3 rings (SSSR count). The van der Waals surface area contributed by atoms with Crippen LogP contribution in [0.3, 0.4) is 0 Å². The monoisotopic (exact) mass is 428 g/mol. The van der Waals surface area contributed by atoms with Crippen LogP contribution >= 0.6 is 0 Å². The maximum atomic E-state index is 13.8. The molecule has 0 aliphatic rings. The van der Waals surface area contributed by atoms with Gasteiger partial charge in [0.15, 0.2) is 5.69 Å². The smallest absolute Gasteiger partial charge is 0.399 e. The van der Waals surface area contributed by atoms with E-state index in [1.165, 1.54) is 25.3 Å². The minimum absolute atomic E-state index is 0.00738. The molecule has 1 N–H and O–H groups in total. The molecule has 0 radical (unpaired) electrons. The fourth-order valence-electron chi connectivity index (χ4n) is 3.09. The zero-order valence-electron chi connectivity index (χ0n) is 18.3. The Hall–Kier alpha value is -3.22. The molecule has 1 amide bonds. The van der Waals surface area contributed by atoms with E-state index >= 15 is 0 Å². The summed E-state index contributed by atoms with van der Waals surface area (Å²) >= 11 is 0. The van der Waals surface area contributed by atoms with E-state index < -0.39 is 23.6 Å². The standard InChI is InChI=1S/C24H26F2N2O3/c1-6-16-7-8-17(13(2)3)11-22(16)31-24-28-21(12-30-24)23(29)27-15(5)18-9-19(25)14(4)20(26)10-18/h7-13,15H,6H2,1-5H3,(H,27,29). The number of amides is 1. The zero-order chi connectivity index (χ0) is 22.7. The molecule has 2 aromatic carbocycles. The van der Waals surface area contributed by atoms with Crippen LogP contribution in [-0.2, 0) is 6.42 Å². The van der Waals surface area contributed by atoms with Crippen LogP contribution in [0.15, 0.2) is 41.0 Å². The normalized spacial score (nSPS) is 12.1. The average molecular weight is 428 g/mol. The van der Waals surface area contributed by atoms with Crippen LogP contribution in [0.4, 0.5) is 8.78 Å². The van der Waals surface area contributed by atoms with Crippen molar-refractivity contribution in [1.29, 1.82) is 0 Å². The first-order valence-corrected chi connectivity index (χ1v) is 10.2. The summed E-state index contributed by atoms with van der Waals surface area (Å²) in [6.07, 6.45) is 1.90. The van der Waals surface area contributed by atoms with Crippen LogP contribution in [0.2, 0.25) is 0 Å². The molecular formula is C24H26F2N2O3. The fraction of sp³-hybridized carbons (Fsp3) is 0.333. The number of hydrogen-bond acceptors (Lipinski definition) is 4. The molecule has 0 aliphatic carbocycles. The molecule has 164 valence electrons. The Labute approximate surface area is 180 Å². The van der Waals surface area contributed by atoms with Gasteiger partial charge < -0.3 is 14.5 Å². The Morgan fingerprint density at radius 2 is 1.81 bits per heavy atom. The highest BCUT2D eigenvalue weighted by Crippen LogP contribution is 2.29. The lowest BCUT2D eigenvalue weighted by molar-refractivity contribution is 0.0934. The lowest BCUT2D eigenvalue weighted by atomic mass is 10.0. The third kappa shape index (κ3) is 5.10. The second-order valence-electron chi connectivity index (χ2n) is 7.78. The molecule has 7 heteroatoms. The number of benzene rings is 2. The third-order valence-electron chi connectivity index (χ3n) is 5.20. The first kappa shape index (κ1) is 22.5. The SMILES string of the molecule is CCc1ccc(C(C)C)cc1Oc1nc(C(=O)NC(C)c2cc(F)c(C)c(F)c2)co1. The molecule has 3 aromatic rings. The van der Waals surface area contributed by atoms with Gasteiger partial charge in [-0.2, -0.15) is 4.98 Å². The summed E-state index contributed by atoms with van der Waals surface area (Å²) in [7, 11) is 0. The third-order valence-corrected chi connectivity index (χ3v) is 5.20. The molecule has 1 aromatic heterocycles. The number of rotatable bonds is 7. The van der Waals surface area contributed by atoms with Crippen LogP contribution in [0.25, 0.3) is 0 Å². The van der Waals surface area contributed by atoms with Crippen molar-refractivity contribution in [2.75, 3.05) is 0 Å². The summed E-state index contributed by atoms with van der Waals surface area (Å²) in [6.45, 7) is 9.18. The number of oxazole rings is 1. The summed E-state index contributed by atoms with van der Waals surface area (Å²) in [5.74, 6) is -0.912. The number of ether oxygens (including phenoxy) is 1. The van der Waals surface area contributed by atoms with E-state index in [2.05, 4.69) is 30.2 Å². The molecule has 5 nitrogen and oxygen atoms in total. The zero-order valence-corrected chi connectivity index (χ0v) is 18.3. The Kier molecular flexibility index (Phi) is 6.73. The Morgan fingerprint density at radius 1 is 1.13 bits per heavy atom. The second kappa shape index (κ2) is 9.29. The Bertz CT molecular complexity index is 1070. The van der Waals surface area contributed by atoms with Crippen molar-refractivity contribution in [1.82, 2.24) is 10.3 Å². The van der Waals surface area contributed by atoms with Crippen molar-refractivity contribution in [2.24, 2.45) is 0 Å². The van der Waals surface area contributed by atoms with Crippen LogP contribution in [-0.4, -0.2) is 10.9 Å². The predicted molar refractivity (Wildman–Crippen MR) is 113 cm³/mol. The Balaban J connectivity index is 1.73. The van der Waals surface area contributed by atoms with Crippen molar-refractivity contribution in [2.45, 2.75) is 53.0 Å². The molecule has 1 heterocycles. The van der Waals surface area contributed by atoms with Gasteiger partial charge in [0.05, 0.1) is 6.04 Å². The molecule has 1 atom stereocenters. The first-order chi connectivity index (χ1) is 14.7. The summed E-state index contributed by atoms with van der Waals surface area (Å²) < 4.78 is 38.7. The van der Waals surface area contributed by atoms with Gasteiger partial charge in [-0.1, -0.05) is 32.9 Å². The number of aryl methyl sites for hydroxylation is 1. The van der Waals surface area contributed by atoms with Crippen molar-refractivity contribution in [3.05, 3.63) is 76.2 Å². The van der Waals surface area contributed by atoms with E-state index in [-0.39, 0.29) is 17.3 Å². The van der Waals surface area contributed by atoms with E-state index in [1.54, 1.807) is 6.92 Å². The number of aromatic nitrogens is 1. The maximum Gasteiger partial charge on any atom is 0.399 e. The van der Waals surface area contributed by atoms with E-state index in [9.17, 15) is 13.6 Å². The van der Waals surface area contributed by atoms with Crippen molar-refractivity contribution >= 4 is 5.91 Å². The number of carbonyl (C=O) groups excluding carboxylic acids is 1. The van der Waals surface area contributed by atoms with Crippen LogP contribution in [0.1, 0.15) is 72.4 Å². The highest BCUT2D eigenvalue weighted by Gasteiger charge is 2.19. The number of hydrogen-bond donors (Lipinski definition) is 1. The molecule has 0 saturated carbocycles. The van der Waals surface area contributed by atoms with Gasteiger partial charge in [0, 0.05) is 5.56 Å². The summed E-state index contributed by atoms with van der Waals surface area (Å²) in [4.78, 5) is 16.6. The van der Waals surface area contributed by atoms with Gasteiger partial charge in [0.1, 0.15) is 23.6 Å². The molecule has 31 heavy (non-hydrogen) atoms. The van der Waals surface area contributed by atoms with E-state index in [1.807, 2.05) is 19.1 Å². The van der Waals surface area contributed by atoms with E-state index in [0.29, 0.717) is 17.2 Å². The minimum Gasteiger partial charge on any atom is -0.416 e.